The third-order valence-electron chi connectivity index (χ3n) is 6.70. The highest BCUT2D eigenvalue weighted by Crippen LogP contribution is 2.32. The average molecular weight is 635 g/mol. The summed E-state index contributed by atoms with van der Waals surface area (Å²) in [5, 5.41) is 55.2. The van der Waals surface area contributed by atoms with Crippen molar-refractivity contribution in [2.24, 2.45) is 11.1 Å². The van der Waals surface area contributed by atoms with Crippen LogP contribution in [0.5, 0.6) is 5.75 Å². The highest BCUT2D eigenvalue weighted by molar-refractivity contribution is 5.88. The van der Waals surface area contributed by atoms with Gasteiger partial charge in [-0.2, -0.15) is 0 Å². The van der Waals surface area contributed by atoms with Gasteiger partial charge in [0.2, 0.25) is 11.8 Å². The number of amides is 2. The van der Waals surface area contributed by atoms with Gasteiger partial charge in [-0.15, -0.1) is 4.91 Å². The summed E-state index contributed by atoms with van der Waals surface area (Å²) in [6.45, 7) is 8.96. The summed E-state index contributed by atoms with van der Waals surface area (Å²) in [6.07, 6.45) is 1.83. The molecule has 0 fully saturated rings. The minimum absolute atomic E-state index is 0.0529. The van der Waals surface area contributed by atoms with E-state index in [4.69, 9.17) is 20.1 Å². The van der Waals surface area contributed by atoms with Gasteiger partial charge in [-0.25, -0.2) is 0 Å². The van der Waals surface area contributed by atoms with E-state index in [1.807, 2.05) is 20.0 Å². The largest absolute Gasteiger partial charge is 0.508 e. The fourth-order valence-electron chi connectivity index (χ4n) is 4.09. The van der Waals surface area contributed by atoms with E-state index in [1.165, 1.54) is 6.42 Å². The number of nitrogens with zero attached hydrogens (tertiary/aromatic N) is 1. The molecule has 45 heavy (non-hydrogen) atoms. The van der Waals surface area contributed by atoms with Crippen LogP contribution in [0.2, 0.25) is 0 Å². The number of phenolic OH excluding ortho intramolecular Hbond substituents is 1. The maximum Gasteiger partial charge on any atom is 0.290 e. The Morgan fingerprint density at radius 1 is 0.978 bits per heavy atom. The number of rotatable bonds is 6. The monoisotopic (exact) mass is 634 g/mol. The summed E-state index contributed by atoms with van der Waals surface area (Å²) in [5.74, 6) is -1.20. The highest BCUT2D eigenvalue weighted by atomic mass is 16.5. The molecule has 0 radical (unpaired) electrons. The molecule has 13 heteroatoms. The minimum atomic E-state index is -1.15. The molecule has 0 saturated carbocycles. The van der Waals surface area contributed by atoms with E-state index in [9.17, 15) is 24.7 Å². The van der Waals surface area contributed by atoms with E-state index in [0.717, 1.165) is 17.5 Å². The summed E-state index contributed by atoms with van der Waals surface area (Å²) in [7, 11) is 1.86. The van der Waals surface area contributed by atoms with Crippen LogP contribution in [0.3, 0.4) is 0 Å². The van der Waals surface area contributed by atoms with Gasteiger partial charge in [0.05, 0.1) is 12.6 Å². The molecule has 13 nitrogen and oxygen atoms in total. The number of aliphatic hydroxyl groups excluding tert-OH is 2. The number of phenols is 1. The normalized spacial score (nSPS) is 18.4. The number of aliphatic hydroxyl groups is 3. The topological polar surface area (TPSA) is 218 Å². The van der Waals surface area contributed by atoms with Crippen molar-refractivity contribution in [1.29, 1.82) is 0 Å². The molecule has 4 bridgehead atoms. The Balaban J connectivity index is 0.00000108. The van der Waals surface area contributed by atoms with Crippen LogP contribution in [-0.4, -0.2) is 81.9 Å². The Morgan fingerprint density at radius 3 is 2.04 bits per heavy atom. The zero-order valence-corrected chi connectivity index (χ0v) is 27.0. The summed E-state index contributed by atoms with van der Waals surface area (Å²) in [4.78, 5) is 44.7. The number of benzene rings is 2. The lowest BCUT2D eigenvalue weighted by atomic mass is 9.93. The lowest BCUT2D eigenvalue weighted by Crippen LogP contribution is -2.50. The summed E-state index contributed by atoms with van der Waals surface area (Å²) < 4.78 is 0. The van der Waals surface area contributed by atoms with Gasteiger partial charge in [0.15, 0.2) is 6.29 Å². The van der Waals surface area contributed by atoms with E-state index in [1.54, 1.807) is 44.2 Å². The van der Waals surface area contributed by atoms with Gasteiger partial charge in [0.25, 0.3) is 6.47 Å². The Morgan fingerprint density at radius 2 is 1.53 bits per heavy atom. The molecule has 0 aliphatic carbocycles. The van der Waals surface area contributed by atoms with Crippen LogP contribution in [-0.2, 0) is 27.2 Å². The second-order valence-corrected chi connectivity index (χ2v) is 10.8. The Kier molecular flexibility index (Phi) is 20.6. The summed E-state index contributed by atoms with van der Waals surface area (Å²) in [5.41, 5.74) is 3.04. The standard InChI is InChI=1S/C22H25N3O5.C6H15NO2.C3H8.CH2O2/c1-12-7-16-8-14(3-5-19(16)25-30)15-4-6-20(27)17(9-15)10-18(11-26)24-22(29)13(2)23-21(12)28;1-5(7-2)3-4-6(8)9;1-3-2;2-1-3/h3-6,8-9,12-13,18,26-27H,7,10-11H2,1-2H3,(H,23,28)(H,24,29);5-9H,3-4H2,1-2H3;3H2,1-2H3;1H,(H,2,3)/t12?,13-,18?;;;/m0.../s1. The van der Waals surface area contributed by atoms with Crippen molar-refractivity contribution in [2.75, 3.05) is 13.7 Å². The molecular formula is C32H50N4O9. The number of hydrogen-bond acceptors (Lipinski definition) is 10. The maximum atomic E-state index is 12.6. The molecule has 3 unspecified atom stereocenters. The van der Waals surface area contributed by atoms with Gasteiger partial charge in [0.1, 0.15) is 17.5 Å². The maximum absolute atomic E-state index is 12.6. The number of carbonyl (C=O) groups excluding carboxylic acids is 2. The predicted octanol–water partition coefficient (Wildman–Crippen LogP) is 2.98. The molecule has 1 heterocycles. The number of nitroso groups, excluding NO2 is 1. The Bertz CT molecular complexity index is 1190. The first-order valence-electron chi connectivity index (χ1n) is 14.9. The molecule has 1 aliphatic rings. The van der Waals surface area contributed by atoms with Gasteiger partial charge < -0.3 is 41.5 Å². The third kappa shape index (κ3) is 15.6. The number of nitrogens with one attached hydrogen (secondary N) is 3. The molecule has 3 rings (SSSR count). The molecule has 252 valence electrons. The van der Waals surface area contributed by atoms with Crippen LogP contribution < -0.4 is 16.0 Å². The third-order valence-corrected chi connectivity index (χ3v) is 6.70. The molecule has 0 aromatic heterocycles. The minimum Gasteiger partial charge on any atom is -0.508 e. The molecule has 2 aromatic rings. The van der Waals surface area contributed by atoms with Crippen molar-refractivity contribution in [3.63, 3.8) is 0 Å². The van der Waals surface area contributed by atoms with Crippen LogP contribution in [0.25, 0.3) is 11.1 Å². The van der Waals surface area contributed by atoms with Crippen LogP contribution in [0.1, 0.15) is 65.0 Å². The van der Waals surface area contributed by atoms with E-state index < -0.39 is 30.2 Å². The molecule has 0 spiro atoms. The molecule has 8 N–H and O–H groups in total. The lowest BCUT2D eigenvalue weighted by Gasteiger charge is -2.21. The van der Waals surface area contributed by atoms with Crippen LogP contribution >= 0.6 is 0 Å². The first-order valence-corrected chi connectivity index (χ1v) is 14.9. The van der Waals surface area contributed by atoms with E-state index >= 15 is 0 Å². The van der Waals surface area contributed by atoms with Gasteiger partial charge >= 0.3 is 0 Å². The second-order valence-electron chi connectivity index (χ2n) is 10.8. The van der Waals surface area contributed by atoms with Crippen molar-refractivity contribution in [2.45, 2.75) is 91.1 Å². The Labute approximate surface area is 265 Å². The number of aromatic hydroxyl groups is 1. The molecule has 2 amide bonds. The SMILES string of the molecule is CC1Cc2cc(ccc2N=O)-c2ccc(O)c(c2)CC(CO)NC(=O)[C@H](C)NC1=O.CCC.CNC(C)CCC(O)O.O=CO. The van der Waals surface area contributed by atoms with Crippen molar-refractivity contribution in [3.05, 3.63) is 52.4 Å². The van der Waals surface area contributed by atoms with E-state index in [0.29, 0.717) is 23.6 Å². The number of carbonyl (C=O) groups is 3. The van der Waals surface area contributed by atoms with Crippen molar-refractivity contribution >= 4 is 24.0 Å². The fraction of sp³-hybridized carbons (Fsp3) is 0.531. The second kappa shape index (κ2) is 22.6. The molecule has 2 aromatic carbocycles. The summed E-state index contributed by atoms with van der Waals surface area (Å²) in [6, 6.07) is 9.19. The van der Waals surface area contributed by atoms with Crippen molar-refractivity contribution in [1.82, 2.24) is 16.0 Å². The van der Waals surface area contributed by atoms with E-state index in [-0.39, 0.29) is 43.3 Å². The quantitative estimate of drug-likeness (QED) is 0.132. The van der Waals surface area contributed by atoms with E-state index in [2.05, 4.69) is 35.0 Å². The van der Waals surface area contributed by atoms with Crippen LogP contribution in [0.15, 0.2) is 41.6 Å². The summed E-state index contributed by atoms with van der Waals surface area (Å²) >= 11 is 0. The highest BCUT2D eigenvalue weighted by Gasteiger charge is 2.24. The average Bonchev–Trinajstić information content (AvgIpc) is 3.01. The Hall–Kier alpha value is -3.91. The first kappa shape index (κ1) is 41.1. The molecule has 4 atom stereocenters. The number of fused-ring (bicyclic) bond motifs is 5. The van der Waals surface area contributed by atoms with Gasteiger partial charge in [-0.1, -0.05) is 39.3 Å². The first-order chi connectivity index (χ1) is 21.3. The van der Waals surface area contributed by atoms with Crippen molar-refractivity contribution in [3.8, 4) is 16.9 Å². The van der Waals surface area contributed by atoms with Crippen LogP contribution in [0, 0.1) is 10.8 Å². The molecule has 1 aliphatic heterocycles. The molecule has 0 saturated heterocycles. The van der Waals surface area contributed by atoms with Gasteiger partial charge in [-0.3, -0.25) is 14.4 Å². The lowest BCUT2D eigenvalue weighted by molar-refractivity contribution is -0.130. The van der Waals surface area contributed by atoms with Crippen molar-refractivity contribution < 1.29 is 39.9 Å². The fourth-order valence-corrected chi connectivity index (χ4v) is 4.09. The predicted molar refractivity (Wildman–Crippen MR) is 173 cm³/mol. The van der Waals surface area contributed by atoms with Gasteiger partial charge in [0, 0.05) is 12.0 Å². The zero-order chi connectivity index (χ0) is 34.5. The zero-order valence-electron chi connectivity index (χ0n) is 27.0. The van der Waals surface area contributed by atoms with Gasteiger partial charge in [-0.05, 0) is 98.3 Å². The smallest absolute Gasteiger partial charge is 0.290 e. The number of carboxylic acid groups (broad SMARTS) is 1. The molecular weight excluding hydrogens is 584 g/mol. The van der Waals surface area contributed by atoms with Crippen LogP contribution in [0.4, 0.5) is 5.69 Å². The number of hydrogen-bond donors (Lipinski definition) is 8.